The Morgan fingerprint density at radius 3 is 2.68 bits per heavy atom. The molecule has 2 aliphatic rings. The lowest BCUT2D eigenvalue weighted by Crippen LogP contribution is -2.54. The number of para-hydroxylation sites is 1. The fourth-order valence-corrected chi connectivity index (χ4v) is 4.71. The Morgan fingerprint density at radius 1 is 1.28 bits per heavy atom. The monoisotopic (exact) mass is 364 g/mol. The van der Waals surface area contributed by atoms with Crippen molar-refractivity contribution in [2.45, 2.75) is 45.6 Å². The van der Waals surface area contributed by atoms with Crippen molar-refractivity contribution in [3.8, 4) is 5.75 Å². The molecule has 1 aromatic rings. The molecule has 0 aromatic heterocycles. The Balaban J connectivity index is 1.66. The molecule has 0 radical (unpaired) electrons. The van der Waals surface area contributed by atoms with Crippen LogP contribution in [0.3, 0.4) is 0 Å². The number of halogens is 1. The Bertz CT molecular complexity index is 691. The van der Waals surface area contributed by atoms with Crippen molar-refractivity contribution in [1.29, 1.82) is 0 Å². The zero-order valence-corrected chi connectivity index (χ0v) is 15.7. The molecule has 1 saturated carbocycles. The first-order chi connectivity index (χ1) is 11.7. The van der Waals surface area contributed by atoms with E-state index in [1.165, 1.54) is 4.90 Å². The van der Waals surface area contributed by atoms with Gasteiger partial charge < -0.3 is 10.1 Å². The molecule has 6 heteroatoms. The van der Waals surface area contributed by atoms with Crippen LogP contribution in [0.15, 0.2) is 24.3 Å². The number of urea groups is 1. The normalized spacial score (nSPS) is 28.3. The van der Waals surface area contributed by atoms with Crippen LogP contribution in [0.2, 0.25) is 5.02 Å². The number of hydrogen-bond donors (Lipinski definition) is 1. The second kappa shape index (κ2) is 6.52. The molecule has 1 saturated heterocycles. The highest BCUT2D eigenvalue weighted by Gasteiger charge is 2.55. The number of rotatable bonds is 4. The third-order valence-electron chi connectivity index (χ3n) is 5.03. The molecule has 0 bridgehead atoms. The smallest absolute Gasteiger partial charge is 0.325 e. The van der Waals surface area contributed by atoms with Crippen molar-refractivity contribution in [2.24, 2.45) is 11.3 Å². The van der Waals surface area contributed by atoms with Crippen molar-refractivity contribution in [3.05, 3.63) is 29.3 Å². The van der Waals surface area contributed by atoms with Gasteiger partial charge in [0.1, 0.15) is 17.9 Å². The van der Waals surface area contributed by atoms with Crippen LogP contribution in [0.1, 0.15) is 40.0 Å². The van der Waals surface area contributed by atoms with Crippen LogP contribution in [0.5, 0.6) is 5.75 Å². The van der Waals surface area contributed by atoms with Gasteiger partial charge in [0.2, 0.25) is 0 Å². The SMILES string of the molecule is CC1CC(C)(C)CC2(C1)NC(=O)N(CCOc1ccccc1Cl)C2=O. The van der Waals surface area contributed by atoms with Crippen LogP contribution in [-0.2, 0) is 4.79 Å². The lowest BCUT2D eigenvalue weighted by atomic mass is 9.64. The number of ether oxygens (including phenoxy) is 1. The van der Waals surface area contributed by atoms with Crippen molar-refractivity contribution >= 4 is 23.5 Å². The van der Waals surface area contributed by atoms with E-state index in [9.17, 15) is 9.59 Å². The van der Waals surface area contributed by atoms with Crippen molar-refractivity contribution in [3.63, 3.8) is 0 Å². The highest BCUT2D eigenvalue weighted by atomic mass is 35.5. The van der Waals surface area contributed by atoms with Gasteiger partial charge in [-0.05, 0) is 42.7 Å². The summed E-state index contributed by atoms with van der Waals surface area (Å²) in [5.41, 5.74) is -0.729. The van der Waals surface area contributed by atoms with Crippen LogP contribution in [0.25, 0.3) is 0 Å². The summed E-state index contributed by atoms with van der Waals surface area (Å²) in [6.45, 7) is 6.90. The summed E-state index contributed by atoms with van der Waals surface area (Å²) >= 11 is 6.06. The van der Waals surface area contributed by atoms with E-state index in [0.29, 0.717) is 29.5 Å². The summed E-state index contributed by atoms with van der Waals surface area (Å²) in [6, 6.07) is 6.84. The Morgan fingerprint density at radius 2 is 2.00 bits per heavy atom. The molecule has 2 unspecified atom stereocenters. The second-order valence-electron chi connectivity index (χ2n) is 8.10. The number of carbonyl (C=O) groups is 2. The Kier molecular flexibility index (Phi) is 4.71. The van der Waals surface area contributed by atoms with Crippen LogP contribution < -0.4 is 10.1 Å². The maximum atomic E-state index is 13.0. The topological polar surface area (TPSA) is 58.6 Å². The molecule has 1 heterocycles. The van der Waals surface area contributed by atoms with E-state index < -0.39 is 5.54 Å². The standard InChI is InChI=1S/C19H25ClN2O3/c1-13-10-18(2,3)12-19(11-13)16(23)22(17(24)21-19)8-9-25-15-7-5-4-6-14(15)20/h4-7,13H,8-12H2,1-3H3,(H,21,24). The van der Waals surface area contributed by atoms with Crippen molar-refractivity contribution in [1.82, 2.24) is 10.2 Å². The average molecular weight is 365 g/mol. The summed E-state index contributed by atoms with van der Waals surface area (Å²) in [7, 11) is 0. The van der Waals surface area contributed by atoms with Gasteiger partial charge in [0.15, 0.2) is 0 Å². The van der Waals surface area contributed by atoms with Gasteiger partial charge in [-0.1, -0.05) is 44.5 Å². The molecule has 2 atom stereocenters. The summed E-state index contributed by atoms with van der Waals surface area (Å²) in [4.78, 5) is 26.7. The first-order valence-electron chi connectivity index (χ1n) is 8.74. The van der Waals surface area contributed by atoms with Gasteiger partial charge in [0, 0.05) is 0 Å². The van der Waals surface area contributed by atoms with Crippen molar-refractivity contribution < 1.29 is 14.3 Å². The van der Waals surface area contributed by atoms with E-state index >= 15 is 0 Å². The maximum absolute atomic E-state index is 13.0. The quantitative estimate of drug-likeness (QED) is 0.825. The molecule has 5 nitrogen and oxygen atoms in total. The number of carbonyl (C=O) groups excluding carboxylic acids is 2. The third kappa shape index (κ3) is 3.61. The molecule has 1 spiro atoms. The minimum absolute atomic E-state index is 0.0324. The molecule has 2 fully saturated rings. The van der Waals surface area contributed by atoms with E-state index in [0.717, 1.165) is 6.42 Å². The predicted octanol–water partition coefficient (Wildman–Crippen LogP) is 3.86. The third-order valence-corrected chi connectivity index (χ3v) is 5.35. The Labute approximate surface area is 153 Å². The van der Waals surface area contributed by atoms with E-state index in [4.69, 9.17) is 16.3 Å². The molecular formula is C19H25ClN2O3. The number of imide groups is 1. The first-order valence-corrected chi connectivity index (χ1v) is 9.12. The van der Waals surface area contributed by atoms with Gasteiger partial charge in [-0.3, -0.25) is 9.69 Å². The summed E-state index contributed by atoms with van der Waals surface area (Å²) in [6.07, 6.45) is 2.44. The molecule has 3 rings (SSSR count). The van der Waals surface area contributed by atoms with Gasteiger partial charge in [0.05, 0.1) is 11.6 Å². The lowest BCUT2D eigenvalue weighted by molar-refractivity contribution is -0.135. The maximum Gasteiger partial charge on any atom is 0.325 e. The molecule has 1 aliphatic carbocycles. The summed E-state index contributed by atoms with van der Waals surface area (Å²) in [5, 5.41) is 3.48. The number of amides is 3. The lowest BCUT2D eigenvalue weighted by Gasteiger charge is -2.43. The second-order valence-corrected chi connectivity index (χ2v) is 8.51. The molecular weight excluding hydrogens is 340 g/mol. The predicted molar refractivity (Wildman–Crippen MR) is 96.7 cm³/mol. The van der Waals surface area contributed by atoms with Crippen molar-refractivity contribution in [2.75, 3.05) is 13.2 Å². The van der Waals surface area contributed by atoms with E-state index in [1.807, 2.05) is 12.1 Å². The molecule has 25 heavy (non-hydrogen) atoms. The molecule has 1 aliphatic heterocycles. The largest absolute Gasteiger partial charge is 0.490 e. The Hall–Kier alpha value is -1.75. The minimum atomic E-state index is -0.761. The first kappa shape index (κ1) is 18.1. The average Bonchev–Trinajstić information content (AvgIpc) is 2.70. The number of nitrogens with one attached hydrogen (secondary N) is 1. The van der Waals surface area contributed by atoms with Gasteiger partial charge in [0.25, 0.3) is 5.91 Å². The van der Waals surface area contributed by atoms with Gasteiger partial charge in [-0.2, -0.15) is 0 Å². The van der Waals surface area contributed by atoms with E-state index in [1.54, 1.807) is 12.1 Å². The minimum Gasteiger partial charge on any atom is -0.490 e. The molecule has 136 valence electrons. The van der Waals surface area contributed by atoms with E-state index in [2.05, 4.69) is 26.1 Å². The van der Waals surface area contributed by atoms with Crippen LogP contribution >= 0.6 is 11.6 Å². The van der Waals surface area contributed by atoms with Gasteiger partial charge >= 0.3 is 6.03 Å². The van der Waals surface area contributed by atoms with Crippen LogP contribution in [0, 0.1) is 11.3 Å². The van der Waals surface area contributed by atoms with Crippen LogP contribution in [0.4, 0.5) is 4.79 Å². The van der Waals surface area contributed by atoms with Gasteiger partial charge in [-0.25, -0.2) is 4.79 Å². The zero-order chi connectivity index (χ0) is 18.2. The number of nitrogens with zero attached hydrogens (tertiary/aromatic N) is 1. The summed E-state index contributed by atoms with van der Waals surface area (Å²) in [5.74, 6) is 0.825. The zero-order valence-electron chi connectivity index (χ0n) is 15.0. The van der Waals surface area contributed by atoms with E-state index in [-0.39, 0.29) is 30.5 Å². The molecule has 1 aromatic carbocycles. The highest BCUT2D eigenvalue weighted by Crippen LogP contribution is 2.46. The molecule has 3 amide bonds. The summed E-state index contributed by atoms with van der Waals surface area (Å²) < 4.78 is 5.63. The highest BCUT2D eigenvalue weighted by molar-refractivity contribution is 6.32. The fourth-order valence-electron chi connectivity index (χ4n) is 4.52. The van der Waals surface area contributed by atoms with Crippen LogP contribution in [-0.4, -0.2) is 35.5 Å². The van der Waals surface area contributed by atoms with Gasteiger partial charge in [-0.15, -0.1) is 0 Å². The molecule has 1 N–H and O–H groups in total. The number of benzene rings is 1. The fraction of sp³-hybridized carbons (Fsp3) is 0.579. The number of hydrogen-bond acceptors (Lipinski definition) is 3.